The van der Waals surface area contributed by atoms with Gasteiger partial charge in [0.1, 0.15) is 11.4 Å². The van der Waals surface area contributed by atoms with Gasteiger partial charge in [-0.05, 0) is 93.0 Å². The summed E-state index contributed by atoms with van der Waals surface area (Å²) in [6, 6.07) is 17.9. The van der Waals surface area contributed by atoms with Crippen molar-refractivity contribution in [2.75, 3.05) is 19.0 Å². The van der Waals surface area contributed by atoms with E-state index in [1.54, 1.807) is 18.3 Å². The first kappa shape index (κ1) is 29.7. The molecule has 2 atom stereocenters. The van der Waals surface area contributed by atoms with Gasteiger partial charge in [0, 0.05) is 36.2 Å². The molecule has 0 radical (unpaired) electrons. The molecule has 11 heteroatoms. The third-order valence-corrected chi connectivity index (χ3v) is 8.21. The van der Waals surface area contributed by atoms with Gasteiger partial charge in [-0.1, -0.05) is 18.2 Å². The van der Waals surface area contributed by atoms with E-state index in [2.05, 4.69) is 15.6 Å². The molecule has 0 unspecified atom stereocenters. The number of ether oxygens (including phenoxy) is 1. The van der Waals surface area contributed by atoms with Gasteiger partial charge in [0.05, 0.1) is 35.9 Å². The van der Waals surface area contributed by atoms with Crippen LogP contribution >= 0.6 is 12.2 Å². The second-order valence-electron chi connectivity index (χ2n) is 10.7. The van der Waals surface area contributed by atoms with Crippen LogP contribution in [0.2, 0.25) is 0 Å². The molecular formula is C32H34N6O4S. The Kier molecular flexibility index (Phi) is 8.45. The highest BCUT2D eigenvalue weighted by molar-refractivity contribution is 7.80. The lowest BCUT2D eigenvalue weighted by Gasteiger charge is -2.28. The number of nitro benzene ring substituents is 1. The number of nitro groups is 1. The third kappa shape index (κ3) is 5.94. The van der Waals surface area contributed by atoms with Gasteiger partial charge in [0.2, 0.25) is 5.91 Å². The van der Waals surface area contributed by atoms with E-state index in [4.69, 9.17) is 17.0 Å². The van der Waals surface area contributed by atoms with E-state index in [0.717, 1.165) is 39.5 Å². The Morgan fingerprint density at radius 3 is 2.60 bits per heavy atom. The highest BCUT2D eigenvalue weighted by atomic mass is 32.1. The Balaban J connectivity index is 1.51. The van der Waals surface area contributed by atoms with Crippen LogP contribution in [0, 0.1) is 37.8 Å². The van der Waals surface area contributed by atoms with Crippen LogP contribution in [0.1, 0.15) is 52.3 Å². The van der Waals surface area contributed by atoms with Crippen LogP contribution in [0.3, 0.4) is 0 Å². The first-order chi connectivity index (χ1) is 20.6. The average Bonchev–Trinajstić information content (AvgIpc) is 3.47. The minimum Gasteiger partial charge on any atom is -0.496 e. The van der Waals surface area contributed by atoms with Crippen LogP contribution < -0.4 is 15.4 Å². The Labute approximate surface area is 255 Å². The molecule has 2 aromatic heterocycles. The molecule has 1 saturated heterocycles. The molecule has 2 aromatic carbocycles. The maximum Gasteiger partial charge on any atom is 0.296 e. The highest BCUT2D eigenvalue weighted by Gasteiger charge is 2.41. The minimum atomic E-state index is -0.403. The van der Waals surface area contributed by atoms with Crippen molar-refractivity contribution >= 4 is 34.6 Å². The summed E-state index contributed by atoms with van der Waals surface area (Å²) >= 11 is 5.82. The van der Waals surface area contributed by atoms with Gasteiger partial charge in [0.25, 0.3) is 5.69 Å². The topological polar surface area (TPSA) is 115 Å². The van der Waals surface area contributed by atoms with E-state index in [1.165, 1.54) is 13.2 Å². The zero-order chi connectivity index (χ0) is 30.8. The Morgan fingerprint density at radius 2 is 1.91 bits per heavy atom. The SMILES string of the molecule is COc1ccc(-n2c(C)cc([C@@H]3[C@@H](c4ccccn4)NC(=S)N3CCC(=O)Nc3cc(C)ccc3C)c2C)c([N+](=O)[O-])c1. The van der Waals surface area contributed by atoms with Crippen molar-refractivity contribution in [2.45, 2.75) is 46.2 Å². The molecule has 0 spiro atoms. The second-order valence-corrected chi connectivity index (χ2v) is 11.1. The van der Waals surface area contributed by atoms with Gasteiger partial charge in [-0.15, -0.1) is 0 Å². The fourth-order valence-electron chi connectivity index (χ4n) is 5.71. The second kappa shape index (κ2) is 12.2. The van der Waals surface area contributed by atoms with E-state index in [-0.39, 0.29) is 30.1 Å². The van der Waals surface area contributed by atoms with Crippen molar-refractivity contribution in [1.82, 2.24) is 19.8 Å². The number of amides is 1. The number of pyridine rings is 1. The molecular weight excluding hydrogens is 564 g/mol. The summed E-state index contributed by atoms with van der Waals surface area (Å²) in [5.74, 6) is 0.292. The maximum atomic E-state index is 13.1. The summed E-state index contributed by atoms with van der Waals surface area (Å²) in [6.45, 7) is 8.18. The van der Waals surface area contributed by atoms with E-state index in [1.807, 2.05) is 79.6 Å². The van der Waals surface area contributed by atoms with Crippen LogP contribution in [0.25, 0.3) is 5.69 Å². The number of methoxy groups -OCH3 is 1. The van der Waals surface area contributed by atoms with Gasteiger partial charge in [-0.2, -0.15) is 0 Å². The lowest BCUT2D eigenvalue weighted by Crippen LogP contribution is -2.33. The molecule has 1 aliphatic rings. The van der Waals surface area contributed by atoms with Crippen molar-refractivity contribution < 1.29 is 14.5 Å². The van der Waals surface area contributed by atoms with Gasteiger partial charge in [-0.25, -0.2) is 0 Å². The quantitative estimate of drug-likeness (QED) is 0.137. The summed E-state index contributed by atoms with van der Waals surface area (Å²) < 4.78 is 7.13. The molecule has 1 amide bonds. The Morgan fingerprint density at radius 1 is 1.12 bits per heavy atom. The van der Waals surface area contributed by atoms with E-state index < -0.39 is 4.92 Å². The molecule has 2 N–H and O–H groups in total. The molecule has 222 valence electrons. The first-order valence-electron chi connectivity index (χ1n) is 14.0. The summed E-state index contributed by atoms with van der Waals surface area (Å²) in [7, 11) is 1.48. The van der Waals surface area contributed by atoms with E-state index >= 15 is 0 Å². The summed E-state index contributed by atoms with van der Waals surface area (Å²) in [4.78, 5) is 31.4. The van der Waals surface area contributed by atoms with Crippen molar-refractivity contribution in [3.8, 4) is 11.4 Å². The van der Waals surface area contributed by atoms with Crippen LogP contribution in [0.15, 0.2) is 66.9 Å². The summed E-state index contributed by atoms with van der Waals surface area (Å²) in [6.07, 6.45) is 1.95. The number of benzene rings is 2. The predicted molar refractivity (Wildman–Crippen MR) is 170 cm³/mol. The monoisotopic (exact) mass is 598 g/mol. The molecule has 5 rings (SSSR count). The lowest BCUT2D eigenvalue weighted by atomic mass is 9.96. The van der Waals surface area contributed by atoms with Gasteiger partial charge >= 0.3 is 0 Å². The number of carbonyl (C=O) groups excluding carboxylic acids is 1. The van der Waals surface area contributed by atoms with Crippen molar-refractivity contribution in [3.05, 3.63) is 111 Å². The highest BCUT2D eigenvalue weighted by Crippen LogP contribution is 2.42. The molecule has 43 heavy (non-hydrogen) atoms. The zero-order valence-corrected chi connectivity index (χ0v) is 25.6. The molecule has 1 aliphatic heterocycles. The number of hydrogen-bond donors (Lipinski definition) is 2. The Bertz CT molecular complexity index is 1700. The number of anilines is 1. The number of aromatic nitrogens is 2. The molecule has 4 aromatic rings. The van der Waals surface area contributed by atoms with Gasteiger partial charge in [-0.3, -0.25) is 19.9 Å². The maximum absolute atomic E-state index is 13.1. The van der Waals surface area contributed by atoms with Gasteiger partial charge in [0.15, 0.2) is 5.11 Å². The minimum absolute atomic E-state index is 0.0611. The standard InChI is InChI=1S/C32H34N6O4S/c1-19-9-10-20(2)26(16-19)34-29(39)13-15-36-31(30(35-32(36)43)25-8-6-7-14-33-25)24-17-21(3)37(22(24)4)27-12-11-23(42-5)18-28(27)38(40)41/h6-12,14,16-18,30-31H,13,15H2,1-5H3,(H,34,39)(H,35,43)/t30-,31-/m1/s1. The number of rotatable bonds is 9. The van der Waals surface area contributed by atoms with Crippen LogP contribution in [-0.2, 0) is 4.79 Å². The Hall–Kier alpha value is -4.77. The summed E-state index contributed by atoms with van der Waals surface area (Å²) in [5, 5.41) is 19.0. The molecule has 3 heterocycles. The average molecular weight is 599 g/mol. The van der Waals surface area contributed by atoms with E-state index in [0.29, 0.717) is 23.1 Å². The fraction of sp³-hybridized carbons (Fsp3) is 0.281. The number of hydrogen-bond acceptors (Lipinski definition) is 6. The number of aryl methyl sites for hydroxylation is 3. The number of carbonyl (C=O) groups is 1. The fourth-order valence-corrected chi connectivity index (χ4v) is 6.05. The molecule has 0 bridgehead atoms. The number of nitrogens with zero attached hydrogens (tertiary/aromatic N) is 4. The first-order valence-corrected chi connectivity index (χ1v) is 14.4. The van der Waals surface area contributed by atoms with E-state index in [9.17, 15) is 14.9 Å². The molecule has 10 nitrogen and oxygen atoms in total. The van der Waals surface area contributed by atoms with Crippen LogP contribution in [0.4, 0.5) is 11.4 Å². The smallest absolute Gasteiger partial charge is 0.296 e. The van der Waals surface area contributed by atoms with Gasteiger partial charge < -0.3 is 24.8 Å². The van der Waals surface area contributed by atoms with Crippen LogP contribution in [-0.4, -0.2) is 44.0 Å². The largest absolute Gasteiger partial charge is 0.496 e. The van der Waals surface area contributed by atoms with Crippen molar-refractivity contribution in [3.63, 3.8) is 0 Å². The van der Waals surface area contributed by atoms with Crippen LogP contribution in [0.5, 0.6) is 5.75 Å². The van der Waals surface area contributed by atoms with Crippen molar-refractivity contribution in [1.29, 1.82) is 0 Å². The predicted octanol–water partition coefficient (Wildman–Crippen LogP) is 6.02. The number of thiocarbonyl (C=S) groups is 1. The van der Waals surface area contributed by atoms with Crippen molar-refractivity contribution in [2.24, 2.45) is 0 Å². The normalized spacial score (nSPS) is 16.2. The molecule has 1 fully saturated rings. The molecule has 0 aliphatic carbocycles. The zero-order valence-electron chi connectivity index (χ0n) is 24.7. The summed E-state index contributed by atoms with van der Waals surface area (Å²) in [5.41, 5.74) is 6.61. The molecule has 0 saturated carbocycles. The number of nitrogens with one attached hydrogen (secondary N) is 2. The lowest BCUT2D eigenvalue weighted by molar-refractivity contribution is -0.384. The third-order valence-electron chi connectivity index (χ3n) is 7.85.